The molecule has 0 bridgehead atoms. The molecule has 1 aliphatic carbocycles. The standard InChI is InChI=1S/C18H27N3O4/c1-25-15-10-6-5-9-13(15)17(23)20-21-18(24)16(22)14(19)11-12-7-3-2-4-8-12/h5-6,9-10,12,14,16,22H,2-4,7-8,11,19H2,1H3,(H,20,23)(H,21,24). The molecule has 0 spiro atoms. The number of nitrogens with two attached hydrogens (primary N) is 1. The number of hydrazine groups is 1. The van der Waals surface area contributed by atoms with Crippen molar-refractivity contribution >= 4 is 11.8 Å². The Kier molecular flexibility index (Phi) is 7.21. The highest BCUT2D eigenvalue weighted by atomic mass is 16.5. The SMILES string of the molecule is COc1ccccc1C(=O)NNC(=O)C(O)C(N)CC1CCCCC1. The Morgan fingerprint density at radius 2 is 1.92 bits per heavy atom. The third kappa shape index (κ3) is 5.44. The zero-order valence-corrected chi connectivity index (χ0v) is 14.5. The van der Waals surface area contributed by atoms with Crippen LogP contribution in [0.1, 0.15) is 48.9 Å². The third-order valence-electron chi connectivity index (χ3n) is 4.66. The highest BCUT2D eigenvalue weighted by Crippen LogP contribution is 2.27. The van der Waals surface area contributed by atoms with Crippen LogP contribution >= 0.6 is 0 Å². The van der Waals surface area contributed by atoms with Crippen molar-refractivity contribution in [2.75, 3.05) is 7.11 Å². The number of hydrogen-bond acceptors (Lipinski definition) is 5. The molecule has 0 saturated heterocycles. The number of benzene rings is 1. The number of methoxy groups -OCH3 is 1. The fourth-order valence-electron chi connectivity index (χ4n) is 3.22. The Hall–Kier alpha value is -2.12. The third-order valence-corrected chi connectivity index (χ3v) is 4.66. The molecule has 2 atom stereocenters. The molecule has 2 rings (SSSR count). The summed E-state index contributed by atoms with van der Waals surface area (Å²) in [7, 11) is 1.46. The molecule has 5 N–H and O–H groups in total. The summed E-state index contributed by atoms with van der Waals surface area (Å²) in [4.78, 5) is 24.1. The molecule has 1 aliphatic rings. The van der Waals surface area contributed by atoms with E-state index in [4.69, 9.17) is 10.5 Å². The lowest BCUT2D eigenvalue weighted by Gasteiger charge is -2.26. The van der Waals surface area contributed by atoms with Crippen molar-refractivity contribution in [1.29, 1.82) is 0 Å². The molecule has 1 aromatic carbocycles. The second kappa shape index (κ2) is 9.39. The van der Waals surface area contributed by atoms with E-state index in [-0.39, 0.29) is 5.56 Å². The topological polar surface area (TPSA) is 114 Å². The van der Waals surface area contributed by atoms with E-state index in [1.165, 1.54) is 26.4 Å². The minimum atomic E-state index is -1.36. The summed E-state index contributed by atoms with van der Waals surface area (Å²) in [6.45, 7) is 0. The van der Waals surface area contributed by atoms with Crippen LogP contribution in [0, 0.1) is 5.92 Å². The van der Waals surface area contributed by atoms with Crippen LogP contribution in [0.15, 0.2) is 24.3 Å². The molecule has 0 aliphatic heterocycles. The zero-order chi connectivity index (χ0) is 18.2. The van der Waals surface area contributed by atoms with Crippen molar-refractivity contribution in [2.45, 2.75) is 50.7 Å². The van der Waals surface area contributed by atoms with Crippen molar-refractivity contribution in [3.63, 3.8) is 0 Å². The first-order chi connectivity index (χ1) is 12.0. The van der Waals surface area contributed by atoms with Gasteiger partial charge in [0, 0.05) is 6.04 Å². The molecule has 0 radical (unpaired) electrons. The largest absolute Gasteiger partial charge is 0.496 e. The fraction of sp³-hybridized carbons (Fsp3) is 0.556. The zero-order valence-electron chi connectivity index (χ0n) is 14.5. The molecule has 1 aromatic rings. The first-order valence-electron chi connectivity index (χ1n) is 8.69. The summed E-state index contributed by atoms with van der Waals surface area (Å²) >= 11 is 0. The van der Waals surface area contributed by atoms with E-state index in [1.54, 1.807) is 24.3 Å². The molecule has 7 heteroatoms. The smallest absolute Gasteiger partial charge is 0.273 e. The maximum Gasteiger partial charge on any atom is 0.273 e. The summed E-state index contributed by atoms with van der Waals surface area (Å²) in [5, 5.41) is 10.1. The van der Waals surface area contributed by atoms with Crippen molar-refractivity contribution < 1.29 is 19.4 Å². The number of aliphatic hydroxyl groups is 1. The van der Waals surface area contributed by atoms with Gasteiger partial charge >= 0.3 is 0 Å². The number of amides is 2. The van der Waals surface area contributed by atoms with Crippen molar-refractivity contribution in [2.24, 2.45) is 11.7 Å². The number of carbonyl (C=O) groups is 2. The molecular weight excluding hydrogens is 322 g/mol. The average molecular weight is 349 g/mol. The van der Waals surface area contributed by atoms with Gasteiger partial charge < -0.3 is 15.6 Å². The van der Waals surface area contributed by atoms with Crippen LogP contribution in [0.25, 0.3) is 0 Å². The Bertz CT molecular complexity index is 587. The molecular formula is C18H27N3O4. The normalized spacial score (nSPS) is 17.4. The van der Waals surface area contributed by atoms with E-state index in [9.17, 15) is 14.7 Å². The lowest BCUT2D eigenvalue weighted by Crippen LogP contribution is -2.52. The molecule has 138 valence electrons. The van der Waals surface area contributed by atoms with Crippen molar-refractivity contribution in [3.8, 4) is 5.75 Å². The van der Waals surface area contributed by atoms with Gasteiger partial charge in [0.15, 0.2) is 0 Å². The van der Waals surface area contributed by atoms with E-state index in [1.807, 2.05) is 0 Å². The van der Waals surface area contributed by atoms with Crippen molar-refractivity contribution in [3.05, 3.63) is 29.8 Å². The van der Waals surface area contributed by atoms with Gasteiger partial charge in [0.05, 0.1) is 12.7 Å². The predicted molar refractivity (Wildman–Crippen MR) is 93.8 cm³/mol. The minimum absolute atomic E-state index is 0.284. The quantitative estimate of drug-likeness (QED) is 0.575. The summed E-state index contributed by atoms with van der Waals surface area (Å²) in [5.41, 5.74) is 10.8. The Morgan fingerprint density at radius 1 is 1.24 bits per heavy atom. The highest BCUT2D eigenvalue weighted by molar-refractivity contribution is 5.98. The second-order valence-corrected chi connectivity index (χ2v) is 6.49. The molecule has 1 fully saturated rings. The number of nitrogens with one attached hydrogen (secondary N) is 2. The lowest BCUT2D eigenvalue weighted by molar-refractivity contribution is -0.131. The summed E-state index contributed by atoms with van der Waals surface area (Å²) < 4.78 is 5.10. The maximum atomic E-state index is 12.1. The van der Waals surface area contributed by atoms with Gasteiger partial charge in [-0.1, -0.05) is 44.2 Å². The van der Waals surface area contributed by atoms with Gasteiger partial charge in [0.2, 0.25) is 0 Å². The van der Waals surface area contributed by atoms with Gasteiger partial charge in [-0.3, -0.25) is 20.4 Å². The summed E-state index contributed by atoms with van der Waals surface area (Å²) in [5.74, 6) is -0.399. The van der Waals surface area contributed by atoms with Crippen LogP contribution in [0.3, 0.4) is 0 Å². The maximum absolute atomic E-state index is 12.1. The first-order valence-corrected chi connectivity index (χ1v) is 8.69. The van der Waals surface area contributed by atoms with Crippen molar-refractivity contribution in [1.82, 2.24) is 10.9 Å². The monoisotopic (exact) mass is 349 g/mol. The summed E-state index contributed by atoms with van der Waals surface area (Å²) in [6.07, 6.45) is 5.02. The van der Waals surface area contributed by atoms with E-state index in [0.29, 0.717) is 18.1 Å². The lowest BCUT2D eigenvalue weighted by atomic mass is 9.84. The van der Waals surface area contributed by atoms with E-state index >= 15 is 0 Å². The number of rotatable bonds is 6. The Balaban J connectivity index is 1.82. The van der Waals surface area contributed by atoms with Crippen LogP contribution in [0.4, 0.5) is 0 Å². The van der Waals surface area contributed by atoms with Crippen LogP contribution < -0.4 is 21.3 Å². The molecule has 2 unspecified atom stereocenters. The number of para-hydroxylation sites is 1. The number of hydrogen-bond donors (Lipinski definition) is 4. The van der Waals surface area contributed by atoms with Crippen LogP contribution in [-0.2, 0) is 4.79 Å². The number of aliphatic hydroxyl groups excluding tert-OH is 1. The van der Waals surface area contributed by atoms with Crippen LogP contribution in [0.2, 0.25) is 0 Å². The van der Waals surface area contributed by atoms with Gasteiger partial charge in [-0.05, 0) is 24.5 Å². The van der Waals surface area contributed by atoms with Gasteiger partial charge in [0.25, 0.3) is 11.8 Å². The highest BCUT2D eigenvalue weighted by Gasteiger charge is 2.27. The van der Waals surface area contributed by atoms with Crippen LogP contribution in [-0.4, -0.2) is 36.2 Å². The van der Waals surface area contributed by atoms with E-state index in [2.05, 4.69) is 10.9 Å². The Morgan fingerprint density at radius 3 is 2.60 bits per heavy atom. The van der Waals surface area contributed by atoms with E-state index < -0.39 is 24.0 Å². The Labute approximate surface area is 147 Å². The number of ether oxygens (including phenoxy) is 1. The summed E-state index contributed by atoms with van der Waals surface area (Å²) in [6, 6.07) is 6.00. The molecule has 7 nitrogen and oxygen atoms in total. The molecule has 0 aromatic heterocycles. The number of carbonyl (C=O) groups excluding carboxylic acids is 2. The molecule has 25 heavy (non-hydrogen) atoms. The molecule has 1 saturated carbocycles. The first kappa shape index (κ1) is 19.2. The molecule has 2 amide bonds. The van der Waals surface area contributed by atoms with Gasteiger partial charge in [-0.25, -0.2) is 0 Å². The van der Waals surface area contributed by atoms with Gasteiger partial charge in [-0.2, -0.15) is 0 Å². The average Bonchev–Trinajstić information content (AvgIpc) is 2.65. The molecule has 0 heterocycles. The van der Waals surface area contributed by atoms with Gasteiger partial charge in [-0.15, -0.1) is 0 Å². The van der Waals surface area contributed by atoms with Gasteiger partial charge in [0.1, 0.15) is 11.9 Å². The van der Waals surface area contributed by atoms with Crippen LogP contribution in [0.5, 0.6) is 5.75 Å². The predicted octanol–water partition coefficient (Wildman–Crippen LogP) is 1.11. The fourth-order valence-corrected chi connectivity index (χ4v) is 3.22. The minimum Gasteiger partial charge on any atom is -0.496 e. The van der Waals surface area contributed by atoms with E-state index in [0.717, 1.165) is 12.8 Å². The second-order valence-electron chi connectivity index (χ2n) is 6.49.